The Kier molecular flexibility index (Phi) is 2.99. The number of hydrogen-bond donors (Lipinski definition) is 2. The van der Waals surface area contributed by atoms with Crippen LogP contribution in [0.3, 0.4) is 0 Å². The van der Waals surface area contributed by atoms with E-state index in [-0.39, 0.29) is 11.2 Å². The number of aromatic nitrogens is 1. The molecule has 0 fully saturated rings. The van der Waals surface area contributed by atoms with E-state index in [9.17, 15) is 9.90 Å². The molecule has 6 heteroatoms. The first kappa shape index (κ1) is 13.7. The van der Waals surface area contributed by atoms with E-state index >= 15 is 0 Å². The molecule has 6 nitrogen and oxygen atoms in total. The number of hydrogen-bond acceptors (Lipinski definition) is 5. The average molecular weight is 311 g/mol. The lowest BCUT2D eigenvalue weighted by atomic mass is 10.1. The summed E-state index contributed by atoms with van der Waals surface area (Å²) in [6.45, 7) is 0.345. The minimum Gasteiger partial charge on any atom is -0.508 e. The van der Waals surface area contributed by atoms with Crippen LogP contribution in [0.4, 0.5) is 0 Å². The van der Waals surface area contributed by atoms with Gasteiger partial charge in [0.15, 0.2) is 11.2 Å². The molecule has 0 aliphatic carbocycles. The number of phenols is 1. The van der Waals surface area contributed by atoms with Crippen LogP contribution in [0, 0.1) is 0 Å². The summed E-state index contributed by atoms with van der Waals surface area (Å²) < 4.78 is 5.15. The average Bonchev–Trinajstić information content (AvgIpc) is 2.99. The molecule has 0 unspecified atom stereocenters. The molecule has 0 bridgehead atoms. The van der Waals surface area contributed by atoms with Gasteiger partial charge in [-0.3, -0.25) is 4.79 Å². The van der Waals surface area contributed by atoms with Crippen molar-refractivity contribution in [3.05, 3.63) is 52.2 Å². The molecule has 3 aromatic rings. The lowest BCUT2D eigenvalue weighted by molar-refractivity contribution is -0.194. The number of methoxy groups -OCH3 is 1. The molecule has 0 amide bonds. The third kappa shape index (κ3) is 2.29. The molecule has 1 aliphatic heterocycles. The van der Waals surface area contributed by atoms with Crippen molar-refractivity contribution in [1.29, 1.82) is 0 Å². The van der Waals surface area contributed by atoms with Gasteiger partial charge in [-0.25, -0.2) is 0 Å². The Labute approximate surface area is 130 Å². The second kappa shape index (κ2) is 5.03. The van der Waals surface area contributed by atoms with Gasteiger partial charge in [0, 0.05) is 34.3 Å². The van der Waals surface area contributed by atoms with Gasteiger partial charge in [0.05, 0.1) is 12.6 Å². The molecule has 0 saturated heterocycles. The van der Waals surface area contributed by atoms with Crippen LogP contribution in [0.15, 0.2) is 41.2 Å². The van der Waals surface area contributed by atoms with Crippen molar-refractivity contribution in [2.75, 3.05) is 7.11 Å². The summed E-state index contributed by atoms with van der Waals surface area (Å²) in [7, 11) is 1.52. The van der Waals surface area contributed by atoms with Crippen LogP contribution in [0.5, 0.6) is 17.2 Å². The quantitative estimate of drug-likeness (QED) is 0.711. The Morgan fingerprint density at radius 1 is 1.17 bits per heavy atom. The number of phenolic OH excluding ortho intramolecular Hbond substituents is 1. The fourth-order valence-corrected chi connectivity index (χ4v) is 2.68. The van der Waals surface area contributed by atoms with E-state index in [0.717, 1.165) is 5.56 Å². The predicted octanol–water partition coefficient (Wildman–Crippen LogP) is 2.73. The number of aromatic hydroxyl groups is 1. The van der Waals surface area contributed by atoms with Crippen LogP contribution in [0.1, 0.15) is 5.56 Å². The number of benzene rings is 2. The topological polar surface area (TPSA) is 80.8 Å². The monoisotopic (exact) mass is 311 g/mol. The van der Waals surface area contributed by atoms with Crippen molar-refractivity contribution in [3.63, 3.8) is 0 Å². The maximum Gasteiger partial charge on any atom is 0.190 e. The Hall–Kier alpha value is -2.99. The predicted molar refractivity (Wildman–Crippen MR) is 83.6 cm³/mol. The van der Waals surface area contributed by atoms with Crippen molar-refractivity contribution in [2.45, 2.75) is 6.61 Å². The molecule has 0 saturated carbocycles. The van der Waals surface area contributed by atoms with Gasteiger partial charge < -0.3 is 19.7 Å². The Morgan fingerprint density at radius 2 is 2.04 bits per heavy atom. The second-order valence-electron chi connectivity index (χ2n) is 5.32. The molecule has 1 aromatic heterocycles. The molecule has 4 rings (SSSR count). The highest BCUT2D eigenvalue weighted by molar-refractivity contribution is 5.84. The zero-order valence-corrected chi connectivity index (χ0v) is 12.3. The third-order valence-corrected chi connectivity index (χ3v) is 3.81. The lowest BCUT2D eigenvalue weighted by Gasteiger charge is -2.08. The van der Waals surface area contributed by atoms with Gasteiger partial charge in [0.1, 0.15) is 18.1 Å². The molecule has 1 aliphatic rings. The number of H-pyrrole nitrogens is 1. The van der Waals surface area contributed by atoms with Crippen LogP contribution in [-0.4, -0.2) is 17.2 Å². The first-order valence-electron chi connectivity index (χ1n) is 7.02. The summed E-state index contributed by atoms with van der Waals surface area (Å²) >= 11 is 0. The number of aromatic amines is 1. The van der Waals surface area contributed by atoms with Crippen molar-refractivity contribution in [1.82, 2.24) is 4.98 Å². The van der Waals surface area contributed by atoms with E-state index in [4.69, 9.17) is 14.5 Å². The molecule has 116 valence electrons. The molecular formula is C17H13NO5. The van der Waals surface area contributed by atoms with Gasteiger partial charge in [0.2, 0.25) is 0 Å². The summed E-state index contributed by atoms with van der Waals surface area (Å²) in [5.41, 5.74) is 2.67. The fourth-order valence-electron chi connectivity index (χ4n) is 2.68. The van der Waals surface area contributed by atoms with Crippen LogP contribution >= 0.6 is 0 Å². The first-order chi connectivity index (χ1) is 11.1. The van der Waals surface area contributed by atoms with Crippen LogP contribution in [0.25, 0.3) is 22.2 Å². The van der Waals surface area contributed by atoms with E-state index < -0.39 is 0 Å². The van der Waals surface area contributed by atoms with E-state index in [1.807, 2.05) is 6.07 Å². The normalized spacial score (nSPS) is 12.9. The summed E-state index contributed by atoms with van der Waals surface area (Å²) in [6.07, 6.45) is 0. The third-order valence-electron chi connectivity index (χ3n) is 3.81. The summed E-state index contributed by atoms with van der Waals surface area (Å²) in [6, 6.07) is 9.81. The zero-order valence-electron chi connectivity index (χ0n) is 12.3. The highest BCUT2D eigenvalue weighted by Crippen LogP contribution is 2.31. The van der Waals surface area contributed by atoms with Gasteiger partial charge in [-0.15, -0.1) is 0 Å². The van der Waals surface area contributed by atoms with Crippen LogP contribution in [0.2, 0.25) is 0 Å². The Bertz CT molecular complexity index is 977. The molecule has 2 aromatic carbocycles. The first-order valence-corrected chi connectivity index (χ1v) is 7.02. The Morgan fingerprint density at radius 3 is 2.87 bits per heavy atom. The molecular weight excluding hydrogens is 298 g/mol. The maximum absolute atomic E-state index is 12.4. The maximum atomic E-state index is 12.4. The number of nitrogens with one attached hydrogen (secondary N) is 1. The van der Waals surface area contributed by atoms with Gasteiger partial charge in [-0.2, -0.15) is 4.89 Å². The summed E-state index contributed by atoms with van der Waals surface area (Å²) in [4.78, 5) is 25.6. The number of pyridine rings is 1. The fraction of sp³-hybridized carbons (Fsp3) is 0.118. The van der Waals surface area contributed by atoms with Gasteiger partial charge in [0.25, 0.3) is 0 Å². The van der Waals surface area contributed by atoms with E-state index in [2.05, 4.69) is 4.98 Å². The van der Waals surface area contributed by atoms with Gasteiger partial charge in [-0.1, -0.05) is 0 Å². The lowest BCUT2D eigenvalue weighted by Crippen LogP contribution is -2.03. The SMILES string of the molecule is COc1cc(O)cc(-c2cc(=O)c3cc4c(cc3[nH]2)COO4)c1. The minimum atomic E-state index is -0.144. The van der Waals surface area contributed by atoms with Crippen molar-refractivity contribution >= 4 is 10.9 Å². The molecule has 0 radical (unpaired) electrons. The minimum absolute atomic E-state index is 0.0658. The molecule has 2 N–H and O–H groups in total. The largest absolute Gasteiger partial charge is 0.508 e. The smallest absolute Gasteiger partial charge is 0.190 e. The number of fused-ring (bicyclic) bond motifs is 2. The molecule has 2 heterocycles. The van der Waals surface area contributed by atoms with Crippen molar-refractivity contribution in [3.8, 4) is 28.5 Å². The molecule has 0 atom stereocenters. The van der Waals surface area contributed by atoms with Crippen molar-refractivity contribution in [2.24, 2.45) is 0 Å². The van der Waals surface area contributed by atoms with Gasteiger partial charge >= 0.3 is 0 Å². The van der Waals surface area contributed by atoms with Crippen molar-refractivity contribution < 1.29 is 19.6 Å². The van der Waals surface area contributed by atoms with E-state index in [1.54, 1.807) is 18.2 Å². The standard InChI is InChI=1S/C17H13NO5/c1-21-12-3-9(2-11(19)5-12)14-7-16(20)13-6-17-10(8-22-23-17)4-15(13)18-14/h2-7,19H,8H2,1H3,(H,18,20). The summed E-state index contributed by atoms with van der Waals surface area (Å²) in [5, 5.41) is 10.3. The highest BCUT2D eigenvalue weighted by atomic mass is 17.2. The number of rotatable bonds is 2. The van der Waals surface area contributed by atoms with Crippen LogP contribution < -0.4 is 15.1 Å². The Balaban J connectivity index is 1.93. The van der Waals surface area contributed by atoms with E-state index in [0.29, 0.717) is 40.3 Å². The zero-order chi connectivity index (χ0) is 16.0. The second-order valence-corrected chi connectivity index (χ2v) is 5.32. The molecule has 23 heavy (non-hydrogen) atoms. The molecule has 0 spiro atoms. The summed E-state index contributed by atoms with van der Waals surface area (Å²) in [5.74, 6) is 1.14. The van der Waals surface area contributed by atoms with Crippen LogP contribution in [-0.2, 0) is 11.5 Å². The van der Waals surface area contributed by atoms with Gasteiger partial charge in [-0.05, 0) is 24.3 Å². The highest BCUT2D eigenvalue weighted by Gasteiger charge is 2.17. The number of ether oxygens (including phenoxy) is 1. The van der Waals surface area contributed by atoms with E-state index in [1.165, 1.54) is 19.2 Å².